The van der Waals surface area contributed by atoms with Crippen molar-refractivity contribution < 1.29 is 4.79 Å². The maximum absolute atomic E-state index is 12.1. The minimum absolute atomic E-state index is 0.104. The molecule has 22 heavy (non-hydrogen) atoms. The number of nitrogens with one attached hydrogen (secondary N) is 1. The van der Waals surface area contributed by atoms with Gasteiger partial charge in [-0.15, -0.1) is 0 Å². The molecule has 1 aromatic heterocycles. The number of ketones is 1. The molecule has 1 aromatic carbocycles. The first-order valence-electron chi connectivity index (χ1n) is 7.97. The molecule has 122 valence electrons. The second-order valence-corrected chi connectivity index (χ2v) is 7.52. The Morgan fingerprint density at radius 1 is 1.18 bits per heavy atom. The third-order valence-corrected chi connectivity index (χ3v) is 3.19. The normalized spacial score (nSPS) is 12.9. The Bertz CT molecular complexity index is 602. The Morgan fingerprint density at radius 3 is 2.27 bits per heavy atom. The van der Waals surface area contributed by atoms with Crippen LogP contribution in [0.4, 0.5) is 0 Å². The molecule has 0 unspecified atom stereocenters. The number of aromatic amines is 1. The Hall–Kier alpha value is -1.61. The number of rotatable bonds is 3. The molecule has 0 bridgehead atoms. The lowest BCUT2D eigenvalue weighted by Crippen LogP contribution is -2.40. The van der Waals surface area contributed by atoms with Crippen molar-refractivity contribution in [3.05, 3.63) is 36.0 Å². The van der Waals surface area contributed by atoms with Crippen molar-refractivity contribution in [2.45, 2.75) is 54.0 Å². The number of H-pyrrole nitrogens is 1. The Kier molecular flexibility index (Phi) is 6.36. The third-order valence-electron chi connectivity index (χ3n) is 3.19. The van der Waals surface area contributed by atoms with E-state index in [4.69, 9.17) is 5.73 Å². The van der Waals surface area contributed by atoms with Crippen LogP contribution in [-0.4, -0.2) is 16.8 Å². The van der Waals surface area contributed by atoms with E-state index in [0.717, 1.165) is 22.4 Å². The number of benzene rings is 1. The SMILES string of the molecule is CC(C)(C)C(=O)[C@@H](N)Cc1c[nH]c2ccccc12.CC(C)C. The van der Waals surface area contributed by atoms with Crippen LogP contribution in [0.3, 0.4) is 0 Å². The molecule has 1 heterocycles. The number of para-hydroxylation sites is 1. The number of Topliss-reactive ketones (excluding diaryl/α,β-unsaturated/α-hetero) is 1. The summed E-state index contributed by atoms with van der Waals surface area (Å²) in [5.41, 5.74) is 7.83. The van der Waals surface area contributed by atoms with Gasteiger partial charge in [-0.25, -0.2) is 0 Å². The molecule has 0 aliphatic rings. The Morgan fingerprint density at radius 2 is 1.73 bits per heavy atom. The third kappa shape index (κ3) is 5.30. The van der Waals surface area contributed by atoms with E-state index in [2.05, 4.69) is 31.8 Å². The van der Waals surface area contributed by atoms with E-state index in [1.54, 1.807) is 0 Å². The van der Waals surface area contributed by atoms with E-state index < -0.39 is 6.04 Å². The molecule has 2 rings (SSSR count). The van der Waals surface area contributed by atoms with Crippen molar-refractivity contribution >= 4 is 16.7 Å². The topological polar surface area (TPSA) is 58.9 Å². The molecular weight excluding hydrogens is 272 g/mol. The quantitative estimate of drug-likeness (QED) is 0.887. The van der Waals surface area contributed by atoms with Crippen LogP contribution in [0.2, 0.25) is 0 Å². The van der Waals surface area contributed by atoms with Crippen molar-refractivity contribution in [1.82, 2.24) is 4.98 Å². The van der Waals surface area contributed by atoms with Gasteiger partial charge in [0, 0.05) is 22.5 Å². The maximum atomic E-state index is 12.1. The van der Waals surface area contributed by atoms with Crippen LogP contribution in [-0.2, 0) is 11.2 Å². The molecule has 2 aromatic rings. The largest absolute Gasteiger partial charge is 0.361 e. The lowest BCUT2D eigenvalue weighted by Gasteiger charge is -2.21. The van der Waals surface area contributed by atoms with Gasteiger partial charge in [0.15, 0.2) is 5.78 Å². The van der Waals surface area contributed by atoms with Gasteiger partial charge in [0.25, 0.3) is 0 Å². The van der Waals surface area contributed by atoms with E-state index in [0.29, 0.717) is 6.42 Å². The fourth-order valence-corrected chi connectivity index (χ4v) is 2.19. The molecule has 3 nitrogen and oxygen atoms in total. The van der Waals surface area contributed by atoms with Crippen molar-refractivity contribution in [3.63, 3.8) is 0 Å². The zero-order valence-corrected chi connectivity index (χ0v) is 14.7. The van der Waals surface area contributed by atoms with Gasteiger partial charge in [0.05, 0.1) is 6.04 Å². The molecule has 0 saturated heterocycles. The average molecular weight is 302 g/mol. The lowest BCUT2D eigenvalue weighted by atomic mass is 9.84. The Balaban J connectivity index is 0.000000541. The molecular formula is C19H30N2O. The van der Waals surface area contributed by atoms with Crippen molar-refractivity contribution in [1.29, 1.82) is 0 Å². The number of nitrogens with two attached hydrogens (primary N) is 1. The summed E-state index contributed by atoms with van der Waals surface area (Å²) in [6, 6.07) is 7.62. The standard InChI is InChI=1S/C15H20N2O.C4H10/c1-15(2,3)14(18)12(16)8-10-9-17-13-7-5-4-6-11(10)13;1-4(2)3/h4-7,9,12,17H,8,16H2,1-3H3;4H,1-3H3/t12-;/m0./s1. The highest BCUT2D eigenvalue weighted by molar-refractivity contribution is 5.90. The smallest absolute Gasteiger partial charge is 0.155 e. The maximum Gasteiger partial charge on any atom is 0.155 e. The molecule has 0 aliphatic heterocycles. The van der Waals surface area contributed by atoms with Crippen molar-refractivity contribution in [2.24, 2.45) is 17.1 Å². The van der Waals surface area contributed by atoms with Gasteiger partial charge in [-0.1, -0.05) is 59.7 Å². The van der Waals surface area contributed by atoms with Crippen molar-refractivity contribution in [3.8, 4) is 0 Å². The lowest BCUT2D eigenvalue weighted by molar-refractivity contribution is -0.127. The number of aromatic nitrogens is 1. The average Bonchev–Trinajstić information content (AvgIpc) is 2.79. The molecule has 1 atom stereocenters. The predicted octanol–water partition coefficient (Wildman–Crippen LogP) is 4.32. The summed E-state index contributed by atoms with van der Waals surface area (Å²) in [6.07, 6.45) is 2.53. The van der Waals surface area contributed by atoms with Crippen LogP contribution in [0.5, 0.6) is 0 Å². The first-order valence-corrected chi connectivity index (χ1v) is 7.97. The van der Waals surface area contributed by atoms with E-state index in [-0.39, 0.29) is 11.2 Å². The first kappa shape index (κ1) is 18.4. The first-order chi connectivity index (χ1) is 10.1. The zero-order chi connectivity index (χ0) is 16.9. The van der Waals surface area contributed by atoms with Gasteiger partial charge in [-0.3, -0.25) is 4.79 Å². The monoisotopic (exact) mass is 302 g/mol. The molecule has 0 aliphatic carbocycles. The number of hydrogen-bond donors (Lipinski definition) is 2. The summed E-state index contributed by atoms with van der Waals surface area (Å²) < 4.78 is 0. The second-order valence-electron chi connectivity index (χ2n) is 7.52. The highest BCUT2D eigenvalue weighted by atomic mass is 16.1. The van der Waals surface area contributed by atoms with Crippen LogP contribution in [0, 0.1) is 11.3 Å². The fraction of sp³-hybridized carbons (Fsp3) is 0.526. The van der Waals surface area contributed by atoms with Crippen LogP contribution in [0.1, 0.15) is 47.1 Å². The molecule has 0 amide bonds. The summed E-state index contributed by atoms with van der Waals surface area (Å²) in [5, 5.41) is 1.15. The van der Waals surface area contributed by atoms with Gasteiger partial charge < -0.3 is 10.7 Å². The van der Waals surface area contributed by atoms with Gasteiger partial charge in [0.1, 0.15) is 0 Å². The molecule has 3 heteroatoms. The Labute approximate surface area is 134 Å². The highest BCUT2D eigenvalue weighted by Crippen LogP contribution is 2.22. The van der Waals surface area contributed by atoms with E-state index in [9.17, 15) is 4.79 Å². The van der Waals surface area contributed by atoms with Crippen LogP contribution >= 0.6 is 0 Å². The number of carbonyl (C=O) groups is 1. The van der Waals surface area contributed by atoms with E-state index >= 15 is 0 Å². The molecule has 3 N–H and O–H groups in total. The van der Waals surface area contributed by atoms with E-state index in [1.165, 1.54) is 0 Å². The molecule has 0 radical (unpaired) electrons. The molecule has 0 saturated carbocycles. The summed E-state index contributed by atoms with van der Waals surface area (Å²) in [5.74, 6) is 0.938. The molecule has 0 spiro atoms. The summed E-state index contributed by atoms with van der Waals surface area (Å²) in [6.45, 7) is 12.2. The minimum atomic E-state index is -0.441. The van der Waals surface area contributed by atoms with Gasteiger partial charge in [-0.2, -0.15) is 0 Å². The zero-order valence-electron chi connectivity index (χ0n) is 14.7. The summed E-state index contributed by atoms with van der Waals surface area (Å²) in [4.78, 5) is 15.3. The van der Waals surface area contributed by atoms with Crippen LogP contribution in [0.25, 0.3) is 10.9 Å². The van der Waals surface area contributed by atoms with Crippen LogP contribution in [0.15, 0.2) is 30.5 Å². The number of hydrogen-bond acceptors (Lipinski definition) is 2. The summed E-state index contributed by atoms with van der Waals surface area (Å²) in [7, 11) is 0. The van der Waals surface area contributed by atoms with Crippen molar-refractivity contribution in [2.75, 3.05) is 0 Å². The minimum Gasteiger partial charge on any atom is -0.361 e. The fourth-order valence-electron chi connectivity index (χ4n) is 2.19. The summed E-state index contributed by atoms with van der Waals surface area (Å²) >= 11 is 0. The molecule has 0 fully saturated rings. The number of fused-ring (bicyclic) bond motifs is 1. The van der Waals surface area contributed by atoms with Gasteiger partial charge >= 0.3 is 0 Å². The highest BCUT2D eigenvalue weighted by Gasteiger charge is 2.27. The number of carbonyl (C=O) groups excluding carboxylic acids is 1. The predicted molar refractivity (Wildman–Crippen MR) is 95.0 cm³/mol. The second kappa shape index (κ2) is 7.59. The van der Waals surface area contributed by atoms with Crippen LogP contribution < -0.4 is 5.73 Å². The van der Waals surface area contributed by atoms with Gasteiger partial charge in [-0.05, 0) is 24.0 Å². The van der Waals surface area contributed by atoms with Gasteiger partial charge in [0.2, 0.25) is 0 Å². The van der Waals surface area contributed by atoms with E-state index in [1.807, 2.05) is 45.2 Å².